The minimum atomic E-state index is 0.225. The van der Waals surface area contributed by atoms with Crippen LogP contribution in [0.25, 0.3) is 0 Å². The monoisotopic (exact) mass is 213 g/mol. The van der Waals surface area contributed by atoms with Crippen LogP contribution in [-0.4, -0.2) is 28.4 Å². The first kappa shape index (κ1) is 9.50. The minimum absolute atomic E-state index is 0.225. The van der Waals surface area contributed by atoms with E-state index in [4.69, 9.17) is 16.3 Å². The van der Waals surface area contributed by atoms with E-state index in [2.05, 4.69) is 15.4 Å². The van der Waals surface area contributed by atoms with E-state index in [0.717, 1.165) is 18.2 Å². The molecule has 1 aliphatic heterocycles. The van der Waals surface area contributed by atoms with Crippen LogP contribution >= 0.6 is 11.8 Å². The number of hydrazine groups is 1. The summed E-state index contributed by atoms with van der Waals surface area (Å²) < 4.78 is 5.06. The lowest BCUT2D eigenvalue weighted by Gasteiger charge is -2.24. The van der Waals surface area contributed by atoms with Gasteiger partial charge in [-0.1, -0.05) is 11.8 Å². The molecule has 0 aliphatic carbocycles. The number of nitrogens with two attached hydrogens (primary N) is 2. The molecule has 2 rings (SSSR count). The van der Waals surface area contributed by atoms with Gasteiger partial charge in [0, 0.05) is 6.07 Å². The first-order valence-corrected chi connectivity index (χ1v) is 5.01. The van der Waals surface area contributed by atoms with Gasteiger partial charge >= 0.3 is 0 Å². The van der Waals surface area contributed by atoms with Crippen molar-refractivity contribution >= 4 is 23.5 Å². The smallest absolute Gasteiger partial charge is 0.223 e. The summed E-state index contributed by atoms with van der Waals surface area (Å²) in [6.07, 6.45) is 0. The topological polar surface area (TPSA) is 99.1 Å². The van der Waals surface area contributed by atoms with Crippen LogP contribution in [-0.2, 0) is 4.74 Å². The third kappa shape index (κ3) is 2.06. The van der Waals surface area contributed by atoms with E-state index in [9.17, 15) is 0 Å². The molecule has 6 nitrogen and oxygen atoms in total. The summed E-state index contributed by atoms with van der Waals surface area (Å²) in [5.41, 5.74) is 7.95. The van der Waals surface area contributed by atoms with E-state index < -0.39 is 0 Å². The number of hydrogen-bond donors (Lipinski definition) is 3. The van der Waals surface area contributed by atoms with Gasteiger partial charge in [-0.2, -0.15) is 4.98 Å². The maximum absolute atomic E-state index is 5.51. The first-order valence-electron chi connectivity index (χ1n) is 4.13. The second-order valence-electron chi connectivity index (χ2n) is 2.87. The Kier molecular flexibility index (Phi) is 2.71. The molecular weight excluding hydrogens is 202 g/mol. The van der Waals surface area contributed by atoms with Gasteiger partial charge in [0.2, 0.25) is 5.95 Å². The number of rotatable bonds is 3. The van der Waals surface area contributed by atoms with Crippen molar-refractivity contribution in [2.24, 2.45) is 5.84 Å². The molecule has 1 aliphatic rings. The van der Waals surface area contributed by atoms with Crippen LogP contribution in [0.1, 0.15) is 0 Å². The molecule has 0 saturated carbocycles. The lowest BCUT2D eigenvalue weighted by Crippen LogP contribution is -2.30. The summed E-state index contributed by atoms with van der Waals surface area (Å²) in [6.45, 7) is 1.53. The summed E-state index contributed by atoms with van der Waals surface area (Å²) in [5, 5.41) is 1.29. The van der Waals surface area contributed by atoms with E-state index in [1.807, 2.05) is 0 Å². The molecule has 0 unspecified atom stereocenters. The number of nitrogen functional groups attached to an aromatic ring is 2. The normalized spacial score (nSPS) is 16.4. The van der Waals surface area contributed by atoms with Crippen molar-refractivity contribution < 1.29 is 4.74 Å². The summed E-state index contributed by atoms with van der Waals surface area (Å²) >= 11 is 1.62. The molecule has 7 heteroatoms. The molecule has 1 saturated heterocycles. The quantitative estimate of drug-likeness (QED) is 0.364. The number of anilines is 2. The molecule has 1 aromatic heterocycles. The minimum Gasteiger partial charge on any atom is -0.379 e. The molecule has 0 spiro atoms. The number of thioether (sulfide) groups is 1. The maximum atomic E-state index is 5.51. The van der Waals surface area contributed by atoms with Crippen molar-refractivity contribution in [3.05, 3.63) is 6.07 Å². The molecular formula is C7H11N5OS. The van der Waals surface area contributed by atoms with Crippen molar-refractivity contribution in [2.75, 3.05) is 24.4 Å². The third-order valence-corrected chi connectivity index (χ3v) is 2.82. The zero-order valence-corrected chi connectivity index (χ0v) is 8.25. The molecule has 1 aromatic rings. The predicted molar refractivity (Wildman–Crippen MR) is 54.7 cm³/mol. The van der Waals surface area contributed by atoms with Gasteiger partial charge in [0.25, 0.3) is 0 Å². The molecule has 0 aromatic carbocycles. The van der Waals surface area contributed by atoms with Gasteiger partial charge in [-0.05, 0) is 0 Å². The van der Waals surface area contributed by atoms with E-state index >= 15 is 0 Å². The van der Waals surface area contributed by atoms with Crippen LogP contribution in [0.5, 0.6) is 0 Å². The van der Waals surface area contributed by atoms with Gasteiger partial charge in [0.15, 0.2) is 0 Å². The van der Waals surface area contributed by atoms with Crippen molar-refractivity contribution in [1.29, 1.82) is 0 Å². The predicted octanol–water partition coefficient (Wildman–Crippen LogP) is -0.165. The van der Waals surface area contributed by atoms with Gasteiger partial charge in [0.1, 0.15) is 10.8 Å². The summed E-state index contributed by atoms with van der Waals surface area (Å²) in [6, 6.07) is 1.76. The Morgan fingerprint density at radius 2 is 2.29 bits per heavy atom. The molecule has 0 amide bonds. The van der Waals surface area contributed by atoms with Gasteiger partial charge in [-0.3, -0.25) is 0 Å². The number of ether oxygens (including phenoxy) is 1. The standard InChI is InChI=1S/C7H11N5OS/c8-7-10-5(12-9)1-6(11-7)14-4-2-13-3-4/h1,4H,2-3,9H2,(H3,8,10,11,12). The van der Waals surface area contributed by atoms with Crippen LogP contribution in [0.3, 0.4) is 0 Å². The Morgan fingerprint density at radius 1 is 1.50 bits per heavy atom. The average molecular weight is 213 g/mol. The fourth-order valence-electron chi connectivity index (χ4n) is 1.03. The fourth-order valence-corrected chi connectivity index (χ4v) is 2.03. The number of aromatic nitrogens is 2. The Labute approximate surface area is 85.4 Å². The number of hydrogen-bond acceptors (Lipinski definition) is 7. The molecule has 14 heavy (non-hydrogen) atoms. The average Bonchev–Trinajstić information content (AvgIpc) is 2.10. The van der Waals surface area contributed by atoms with Crippen LogP contribution < -0.4 is 17.0 Å². The van der Waals surface area contributed by atoms with E-state index in [1.165, 1.54) is 0 Å². The SMILES string of the molecule is NNc1cc(SC2COC2)nc(N)n1. The Balaban J connectivity index is 2.11. The van der Waals surface area contributed by atoms with E-state index in [0.29, 0.717) is 11.1 Å². The first-order chi connectivity index (χ1) is 6.78. The molecule has 0 bridgehead atoms. The van der Waals surface area contributed by atoms with E-state index in [-0.39, 0.29) is 5.95 Å². The van der Waals surface area contributed by atoms with Gasteiger partial charge in [-0.25, -0.2) is 10.8 Å². The Hall–Kier alpha value is -1.05. The Bertz CT molecular complexity index is 330. The second-order valence-corrected chi connectivity index (χ2v) is 4.19. The van der Waals surface area contributed by atoms with Crippen molar-refractivity contribution in [3.8, 4) is 0 Å². The molecule has 1 fully saturated rings. The van der Waals surface area contributed by atoms with Gasteiger partial charge in [0.05, 0.1) is 18.5 Å². The van der Waals surface area contributed by atoms with Crippen molar-refractivity contribution in [2.45, 2.75) is 10.3 Å². The van der Waals surface area contributed by atoms with E-state index in [1.54, 1.807) is 17.8 Å². The summed E-state index contributed by atoms with van der Waals surface area (Å²) in [5.74, 6) is 5.99. The molecule has 0 atom stereocenters. The highest BCUT2D eigenvalue weighted by Gasteiger charge is 2.20. The van der Waals surface area contributed by atoms with Gasteiger partial charge < -0.3 is 15.9 Å². The zero-order chi connectivity index (χ0) is 9.97. The molecule has 2 heterocycles. The van der Waals surface area contributed by atoms with Crippen LogP contribution in [0, 0.1) is 0 Å². The molecule has 76 valence electrons. The number of nitrogens with one attached hydrogen (secondary N) is 1. The van der Waals surface area contributed by atoms with Crippen LogP contribution in [0.2, 0.25) is 0 Å². The second kappa shape index (κ2) is 3.99. The van der Waals surface area contributed by atoms with Gasteiger partial charge in [-0.15, -0.1) is 0 Å². The molecule has 0 radical (unpaired) electrons. The number of nitrogens with zero attached hydrogens (tertiary/aromatic N) is 2. The summed E-state index contributed by atoms with van der Waals surface area (Å²) in [7, 11) is 0. The Morgan fingerprint density at radius 3 is 2.86 bits per heavy atom. The lowest BCUT2D eigenvalue weighted by molar-refractivity contribution is 0.0454. The van der Waals surface area contributed by atoms with Crippen molar-refractivity contribution in [3.63, 3.8) is 0 Å². The highest BCUT2D eigenvalue weighted by molar-refractivity contribution is 8.00. The van der Waals surface area contributed by atoms with Crippen molar-refractivity contribution in [1.82, 2.24) is 9.97 Å². The maximum Gasteiger partial charge on any atom is 0.223 e. The van der Waals surface area contributed by atoms with Crippen LogP contribution in [0.4, 0.5) is 11.8 Å². The lowest BCUT2D eigenvalue weighted by atomic mass is 10.4. The van der Waals surface area contributed by atoms with Crippen LogP contribution in [0.15, 0.2) is 11.1 Å². The highest BCUT2D eigenvalue weighted by Crippen LogP contribution is 2.27. The third-order valence-electron chi connectivity index (χ3n) is 1.76. The summed E-state index contributed by atoms with van der Waals surface area (Å²) in [4.78, 5) is 7.97. The fraction of sp³-hybridized carbons (Fsp3) is 0.429. The zero-order valence-electron chi connectivity index (χ0n) is 7.43. The largest absolute Gasteiger partial charge is 0.379 e. The molecule has 5 N–H and O–H groups in total. The highest BCUT2D eigenvalue weighted by atomic mass is 32.2.